The molecule has 1 unspecified atom stereocenters. The molecule has 1 amide bonds. The maximum atomic E-state index is 11.3. The van der Waals surface area contributed by atoms with E-state index in [4.69, 9.17) is 5.73 Å². The van der Waals surface area contributed by atoms with Gasteiger partial charge in [-0.2, -0.15) is 0 Å². The van der Waals surface area contributed by atoms with Crippen LogP contribution < -0.4 is 11.1 Å². The van der Waals surface area contributed by atoms with Gasteiger partial charge >= 0.3 is 0 Å². The summed E-state index contributed by atoms with van der Waals surface area (Å²) in [4.78, 5) is 13.5. The van der Waals surface area contributed by atoms with E-state index in [1.165, 1.54) is 0 Å². The topological polar surface area (TPSA) is 58.4 Å². The number of carbonyl (C=O) groups is 1. The second-order valence-electron chi connectivity index (χ2n) is 4.33. The number of nitrogens with zero attached hydrogens (tertiary/aromatic N) is 1. The zero-order chi connectivity index (χ0) is 10.6. The Morgan fingerprint density at radius 1 is 1.43 bits per heavy atom. The Morgan fingerprint density at radius 2 is 2.00 bits per heavy atom. The van der Waals surface area contributed by atoms with Crippen LogP contribution in [-0.2, 0) is 4.79 Å². The van der Waals surface area contributed by atoms with Gasteiger partial charge in [0.05, 0.1) is 6.04 Å². The lowest BCUT2D eigenvalue weighted by Gasteiger charge is -2.33. The van der Waals surface area contributed by atoms with Gasteiger partial charge in [-0.25, -0.2) is 0 Å². The molecule has 82 valence electrons. The van der Waals surface area contributed by atoms with Crippen molar-refractivity contribution in [3.63, 3.8) is 0 Å². The third kappa shape index (κ3) is 3.27. The Hall–Kier alpha value is -0.610. The number of hydrogen-bond acceptors (Lipinski definition) is 3. The molecule has 0 aliphatic carbocycles. The number of carbonyl (C=O) groups excluding carboxylic acids is 1. The SMILES string of the molecule is CC(C)CC(C(N)=O)N1CCNCC1. The highest BCUT2D eigenvalue weighted by atomic mass is 16.1. The van der Waals surface area contributed by atoms with E-state index in [2.05, 4.69) is 24.1 Å². The molecule has 3 N–H and O–H groups in total. The van der Waals surface area contributed by atoms with E-state index in [0.29, 0.717) is 5.92 Å². The molecular weight excluding hydrogens is 178 g/mol. The second-order valence-corrected chi connectivity index (χ2v) is 4.33. The van der Waals surface area contributed by atoms with Crippen LogP contribution in [-0.4, -0.2) is 43.0 Å². The number of primary amides is 1. The van der Waals surface area contributed by atoms with E-state index in [-0.39, 0.29) is 11.9 Å². The van der Waals surface area contributed by atoms with Gasteiger partial charge < -0.3 is 11.1 Å². The van der Waals surface area contributed by atoms with Gasteiger partial charge in [-0.15, -0.1) is 0 Å². The van der Waals surface area contributed by atoms with Crippen molar-refractivity contribution in [3.05, 3.63) is 0 Å². The Morgan fingerprint density at radius 3 is 2.43 bits per heavy atom. The van der Waals surface area contributed by atoms with Crippen LogP contribution in [0.4, 0.5) is 0 Å². The predicted octanol–water partition coefficient (Wildman–Crippen LogP) is -0.208. The van der Waals surface area contributed by atoms with Crippen molar-refractivity contribution in [2.45, 2.75) is 26.3 Å². The molecule has 0 aromatic heterocycles. The first-order chi connectivity index (χ1) is 6.61. The Balaban J connectivity index is 2.51. The predicted molar refractivity (Wildman–Crippen MR) is 56.9 cm³/mol. The van der Waals surface area contributed by atoms with Crippen molar-refractivity contribution >= 4 is 5.91 Å². The van der Waals surface area contributed by atoms with Gasteiger partial charge in [0.2, 0.25) is 5.91 Å². The average molecular weight is 199 g/mol. The van der Waals surface area contributed by atoms with E-state index in [1.807, 2.05) is 0 Å². The van der Waals surface area contributed by atoms with Crippen molar-refractivity contribution in [2.75, 3.05) is 26.2 Å². The maximum absolute atomic E-state index is 11.3. The van der Waals surface area contributed by atoms with Gasteiger partial charge in [-0.1, -0.05) is 13.8 Å². The number of piperazine rings is 1. The van der Waals surface area contributed by atoms with Crippen molar-refractivity contribution in [1.29, 1.82) is 0 Å². The molecule has 0 radical (unpaired) electrons. The largest absolute Gasteiger partial charge is 0.368 e. The molecule has 0 aromatic carbocycles. The maximum Gasteiger partial charge on any atom is 0.234 e. The molecule has 0 spiro atoms. The minimum Gasteiger partial charge on any atom is -0.368 e. The van der Waals surface area contributed by atoms with Crippen LogP contribution in [0.15, 0.2) is 0 Å². The molecule has 4 nitrogen and oxygen atoms in total. The molecule has 1 heterocycles. The minimum absolute atomic E-state index is 0.0721. The normalized spacial score (nSPS) is 21.1. The zero-order valence-electron chi connectivity index (χ0n) is 9.12. The lowest BCUT2D eigenvalue weighted by molar-refractivity contribution is -0.124. The highest BCUT2D eigenvalue weighted by Gasteiger charge is 2.25. The molecule has 4 heteroatoms. The molecule has 1 fully saturated rings. The van der Waals surface area contributed by atoms with E-state index in [9.17, 15) is 4.79 Å². The zero-order valence-corrected chi connectivity index (χ0v) is 9.12. The summed E-state index contributed by atoms with van der Waals surface area (Å²) in [6, 6.07) is -0.0721. The van der Waals surface area contributed by atoms with Crippen LogP contribution in [0.25, 0.3) is 0 Å². The van der Waals surface area contributed by atoms with E-state index in [0.717, 1.165) is 32.6 Å². The van der Waals surface area contributed by atoms with Crippen molar-refractivity contribution in [2.24, 2.45) is 11.7 Å². The van der Waals surface area contributed by atoms with Crippen LogP contribution in [0.1, 0.15) is 20.3 Å². The summed E-state index contributed by atoms with van der Waals surface area (Å²) in [5, 5.41) is 3.27. The van der Waals surface area contributed by atoms with Gasteiger partial charge in [-0.05, 0) is 12.3 Å². The van der Waals surface area contributed by atoms with E-state index < -0.39 is 0 Å². The second kappa shape index (κ2) is 5.32. The summed E-state index contributed by atoms with van der Waals surface area (Å²) >= 11 is 0. The molecule has 14 heavy (non-hydrogen) atoms. The summed E-state index contributed by atoms with van der Waals surface area (Å²) in [7, 11) is 0. The Bertz CT molecular complexity index is 188. The fourth-order valence-electron chi connectivity index (χ4n) is 1.89. The summed E-state index contributed by atoms with van der Waals surface area (Å²) in [5.41, 5.74) is 5.41. The number of nitrogens with one attached hydrogen (secondary N) is 1. The quantitative estimate of drug-likeness (QED) is 0.659. The fourth-order valence-corrected chi connectivity index (χ4v) is 1.89. The Kier molecular flexibility index (Phi) is 4.35. The van der Waals surface area contributed by atoms with Gasteiger partial charge in [0, 0.05) is 26.2 Å². The third-order valence-corrected chi connectivity index (χ3v) is 2.62. The number of rotatable bonds is 4. The summed E-state index contributed by atoms with van der Waals surface area (Å²) in [6.07, 6.45) is 0.870. The molecule has 1 rings (SSSR count). The molecule has 0 aromatic rings. The standard InChI is InChI=1S/C10H21N3O/c1-8(2)7-9(10(11)14)13-5-3-12-4-6-13/h8-9,12H,3-7H2,1-2H3,(H2,11,14). The van der Waals surface area contributed by atoms with E-state index in [1.54, 1.807) is 0 Å². The molecule has 1 atom stereocenters. The van der Waals surface area contributed by atoms with Crippen molar-refractivity contribution in [1.82, 2.24) is 10.2 Å². The first kappa shape index (κ1) is 11.5. The van der Waals surface area contributed by atoms with Crippen LogP contribution in [0.5, 0.6) is 0 Å². The van der Waals surface area contributed by atoms with Crippen LogP contribution in [0, 0.1) is 5.92 Å². The smallest absolute Gasteiger partial charge is 0.234 e. The number of hydrogen-bond donors (Lipinski definition) is 2. The fraction of sp³-hybridized carbons (Fsp3) is 0.900. The highest BCUT2D eigenvalue weighted by molar-refractivity contribution is 5.79. The first-order valence-electron chi connectivity index (χ1n) is 5.35. The number of nitrogens with two attached hydrogens (primary N) is 1. The minimum atomic E-state index is -0.180. The van der Waals surface area contributed by atoms with Crippen molar-refractivity contribution < 1.29 is 4.79 Å². The van der Waals surface area contributed by atoms with Crippen molar-refractivity contribution in [3.8, 4) is 0 Å². The molecule has 1 aliphatic rings. The number of amides is 1. The molecule has 1 aliphatic heterocycles. The summed E-state index contributed by atoms with van der Waals surface area (Å²) < 4.78 is 0. The Labute approximate surface area is 85.8 Å². The highest BCUT2D eigenvalue weighted by Crippen LogP contribution is 2.11. The van der Waals surface area contributed by atoms with Crippen LogP contribution >= 0.6 is 0 Å². The molecule has 0 saturated carbocycles. The van der Waals surface area contributed by atoms with Gasteiger partial charge in [-0.3, -0.25) is 9.69 Å². The van der Waals surface area contributed by atoms with Gasteiger partial charge in [0.1, 0.15) is 0 Å². The molecule has 1 saturated heterocycles. The van der Waals surface area contributed by atoms with E-state index >= 15 is 0 Å². The summed E-state index contributed by atoms with van der Waals surface area (Å²) in [5.74, 6) is 0.336. The molecular formula is C10H21N3O. The monoisotopic (exact) mass is 199 g/mol. The van der Waals surface area contributed by atoms with Gasteiger partial charge in [0.25, 0.3) is 0 Å². The molecule has 0 bridgehead atoms. The van der Waals surface area contributed by atoms with Crippen LogP contribution in [0.3, 0.4) is 0 Å². The van der Waals surface area contributed by atoms with Gasteiger partial charge in [0.15, 0.2) is 0 Å². The average Bonchev–Trinajstić information content (AvgIpc) is 2.15. The lowest BCUT2D eigenvalue weighted by atomic mass is 10.0. The third-order valence-electron chi connectivity index (χ3n) is 2.62. The summed E-state index contributed by atoms with van der Waals surface area (Å²) in [6.45, 7) is 8.03. The van der Waals surface area contributed by atoms with Crippen LogP contribution in [0.2, 0.25) is 0 Å². The first-order valence-corrected chi connectivity index (χ1v) is 5.35. The lowest BCUT2D eigenvalue weighted by Crippen LogP contribution is -2.53.